The maximum absolute atomic E-state index is 6.13. The molecule has 0 aliphatic rings. The zero-order valence-corrected chi connectivity index (χ0v) is 16.0. The van der Waals surface area contributed by atoms with Crippen molar-refractivity contribution >= 4 is 62.1 Å². The Kier molecular flexibility index (Phi) is 6.09. The van der Waals surface area contributed by atoms with Crippen molar-refractivity contribution in [2.75, 3.05) is 12.4 Å². The van der Waals surface area contributed by atoms with Crippen LogP contribution in [0.1, 0.15) is 12.6 Å². The van der Waals surface area contributed by atoms with E-state index in [-0.39, 0.29) is 0 Å². The summed E-state index contributed by atoms with van der Waals surface area (Å²) < 4.78 is 2.84. The summed E-state index contributed by atoms with van der Waals surface area (Å²) >= 11 is 21.0. The average molecular weight is 422 g/mol. The van der Waals surface area contributed by atoms with Gasteiger partial charge in [-0.05, 0) is 53.3 Å². The number of aryl methyl sites for hydroxylation is 1. The van der Waals surface area contributed by atoms with Crippen molar-refractivity contribution in [1.82, 2.24) is 14.7 Å². The van der Waals surface area contributed by atoms with Crippen molar-refractivity contribution in [2.24, 2.45) is 0 Å². The number of hydrogen-bond acceptors (Lipinski definition) is 2. The quantitative estimate of drug-likeness (QED) is 0.718. The fourth-order valence-corrected chi connectivity index (χ4v) is 2.76. The van der Waals surface area contributed by atoms with Crippen molar-refractivity contribution in [3.05, 3.63) is 44.6 Å². The van der Waals surface area contributed by atoms with Crippen LogP contribution < -0.4 is 5.32 Å². The topological polar surface area (TPSA) is 33.1 Å². The molecule has 0 saturated heterocycles. The summed E-state index contributed by atoms with van der Waals surface area (Å²) in [6, 6.07) is 5.20. The molecule has 0 aliphatic heterocycles. The van der Waals surface area contributed by atoms with E-state index in [0.29, 0.717) is 27.4 Å². The largest absolute Gasteiger partial charge is 0.346 e. The summed E-state index contributed by atoms with van der Waals surface area (Å²) in [6.45, 7) is 3.45. The van der Waals surface area contributed by atoms with E-state index >= 15 is 0 Å². The Hall–Kier alpha value is -0.820. The number of thiocarbonyl (C=S) groups is 1. The molecule has 1 aromatic carbocycles. The van der Waals surface area contributed by atoms with E-state index in [2.05, 4.69) is 26.3 Å². The molecule has 118 valence electrons. The highest BCUT2D eigenvalue weighted by atomic mass is 79.9. The number of anilines is 1. The van der Waals surface area contributed by atoms with Gasteiger partial charge < -0.3 is 10.2 Å². The van der Waals surface area contributed by atoms with Crippen LogP contribution in [0.15, 0.2) is 28.9 Å². The highest BCUT2D eigenvalue weighted by Gasteiger charge is 2.12. The van der Waals surface area contributed by atoms with Crippen LogP contribution in [0.4, 0.5) is 5.69 Å². The summed E-state index contributed by atoms with van der Waals surface area (Å²) in [7, 11) is 1.89. The molecule has 1 aromatic heterocycles. The van der Waals surface area contributed by atoms with Crippen molar-refractivity contribution in [2.45, 2.75) is 20.0 Å². The average Bonchev–Trinajstić information content (AvgIpc) is 2.83. The predicted octanol–water partition coefficient (Wildman–Crippen LogP) is 4.80. The smallest absolute Gasteiger partial charge is 0.173 e. The Balaban J connectivity index is 2.05. The van der Waals surface area contributed by atoms with Gasteiger partial charge in [0.1, 0.15) is 0 Å². The molecule has 0 fully saturated rings. The van der Waals surface area contributed by atoms with Gasteiger partial charge in [-0.25, -0.2) is 0 Å². The van der Waals surface area contributed by atoms with Gasteiger partial charge in [0.15, 0.2) is 5.11 Å². The summed E-state index contributed by atoms with van der Waals surface area (Å²) in [5.41, 5.74) is 1.61. The molecule has 0 aliphatic carbocycles. The lowest BCUT2D eigenvalue weighted by Gasteiger charge is -2.21. The fraction of sp³-hybridized carbons (Fsp3) is 0.286. The van der Waals surface area contributed by atoms with E-state index in [1.54, 1.807) is 18.2 Å². The predicted molar refractivity (Wildman–Crippen MR) is 99.8 cm³/mol. The van der Waals surface area contributed by atoms with Gasteiger partial charge in [0.05, 0.1) is 27.4 Å². The van der Waals surface area contributed by atoms with Gasteiger partial charge >= 0.3 is 0 Å². The Morgan fingerprint density at radius 1 is 1.45 bits per heavy atom. The van der Waals surface area contributed by atoms with Crippen LogP contribution >= 0.6 is 51.3 Å². The Morgan fingerprint density at radius 2 is 2.18 bits per heavy atom. The lowest BCUT2D eigenvalue weighted by Crippen LogP contribution is -2.31. The number of halogens is 3. The third-order valence-electron chi connectivity index (χ3n) is 3.01. The minimum Gasteiger partial charge on any atom is -0.346 e. The van der Waals surface area contributed by atoms with E-state index in [4.69, 9.17) is 35.4 Å². The van der Waals surface area contributed by atoms with Crippen LogP contribution in [0.3, 0.4) is 0 Å². The third kappa shape index (κ3) is 4.35. The van der Waals surface area contributed by atoms with Gasteiger partial charge in [0.25, 0.3) is 0 Å². The molecule has 1 N–H and O–H groups in total. The van der Waals surface area contributed by atoms with Crippen molar-refractivity contribution in [3.63, 3.8) is 0 Å². The SMILES string of the molecule is CCn1cc(Br)c(CN(C)C(=S)Nc2cc(Cl)ccc2Cl)n1. The lowest BCUT2D eigenvalue weighted by molar-refractivity contribution is 0.491. The summed E-state index contributed by atoms with van der Waals surface area (Å²) in [5.74, 6) is 0. The maximum atomic E-state index is 6.13. The Labute approximate surface area is 153 Å². The molecular formula is C14H15BrCl2N4S. The number of rotatable bonds is 4. The first-order chi connectivity index (χ1) is 10.4. The van der Waals surface area contributed by atoms with Crippen LogP contribution in [0.2, 0.25) is 10.0 Å². The van der Waals surface area contributed by atoms with Gasteiger partial charge in [-0.1, -0.05) is 23.2 Å². The first-order valence-corrected chi connectivity index (χ1v) is 8.55. The van der Waals surface area contributed by atoms with E-state index in [1.807, 2.05) is 29.7 Å². The molecule has 0 radical (unpaired) electrons. The number of aromatic nitrogens is 2. The van der Waals surface area contributed by atoms with E-state index in [1.165, 1.54) is 0 Å². The first-order valence-electron chi connectivity index (χ1n) is 6.59. The highest BCUT2D eigenvalue weighted by molar-refractivity contribution is 9.10. The molecular weight excluding hydrogens is 407 g/mol. The van der Waals surface area contributed by atoms with Crippen LogP contribution in [0.5, 0.6) is 0 Å². The molecule has 22 heavy (non-hydrogen) atoms. The minimum atomic E-state index is 0.544. The van der Waals surface area contributed by atoms with Gasteiger partial charge in [0, 0.05) is 24.8 Å². The molecule has 0 spiro atoms. The number of nitrogens with one attached hydrogen (secondary N) is 1. The molecule has 0 amide bonds. The van der Waals surface area contributed by atoms with Crippen molar-refractivity contribution in [1.29, 1.82) is 0 Å². The first kappa shape index (κ1) is 17.5. The normalized spacial score (nSPS) is 10.6. The van der Waals surface area contributed by atoms with Gasteiger partial charge in [0.2, 0.25) is 0 Å². The molecule has 4 nitrogen and oxygen atoms in total. The molecule has 8 heteroatoms. The molecule has 2 aromatic rings. The fourth-order valence-electron chi connectivity index (χ4n) is 1.81. The van der Waals surface area contributed by atoms with E-state index in [9.17, 15) is 0 Å². The Morgan fingerprint density at radius 3 is 2.82 bits per heavy atom. The monoisotopic (exact) mass is 420 g/mol. The van der Waals surface area contributed by atoms with Gasteiger partial charge in [-0.3, -0.25) is 4.68 Å². The number of nitrogens with zero attached hydrogens (tertiary/aromatic N) is 3. The van der Waals surface area contributed by atoms with Gasteiger partial charge in [-0.15, -0.1) is 0 Å². The van der Waals surface area contributed by atoms with Crippen LogP contribution in [-0.4, -0.2) is 26.8 Å². The van der Waals surface area contributed by atoms with Crippen LogP contribution in [0.25, 0.3) is 0 Å². The van der Waals surface area contributed by atoms with Crippen LogP contribution in [-0.2, 0) is 13.1 Å². The summed E-state index contributed by atoms with van der Waals surface area (Å²) in [4.78, 5) is 1.89. The Bertz CT molecular complexity index is 689. The number of benzene rings is 1. The number of hydrogen-bond donors (Lipinski definition) is 1. The minimum absolute atomic E-state index is 0.544. The molecule has 2 rings (SSSR count). The molecule has 0 unspecified atom stereocenters. The van der Waals surface area contributed by atoms with Crippen LogP contribution in [0, 0.1) is 0 Å². The summed E-state index contributed by atoms with van der Waals surface area (Å²) in [5, 5.41) is 9.29. The van der Waals surface area contributed by atoms with Crippen molar-refractivity contribution < 1.29 is 0 Å². The third-order valence-corrected chi connectivity index (χ3v) is 4.66. The zero-order chi connectivity index (χ0) is 16.3. The lowest BCUT2D eigenvalue weighted by atomic mass is 10.3. The molecule has 0 atom stereocenters. The van der Waals surface area contributed by atoms with E-state index < -0.39 is 0 Å². The molecule has 0 bridgehead atoms. The standard InChI is InChI=1S/C14H15BrCl2N4S/c1-3-21-7-10(15)13(19-21)8-20(2)14(22)18-12-6-9(16)4-5-11(12)17/h4-7H,3,8H2,1-2H3,(H,18,22). The zero-order valence-electron chi connectivity index (χ0n) is 12.1. The second-order valence-corrected chi connectivity index (χ2v) is 6.77. The van der Waals surface area contributed by atoms with Gasteiger partial charge in [-0.2, -0.15) is 5.10 Å². The second-order valence-electron chi connectivity index (χ2n) is 4.69. The maximum Gasteiger partial charge on any atom is 0.173 e. The highest BCUT2D eigenvalue weighted by Crippen LogP contribution is 2.26. The van der Waals surface area contributed by atoms with Crippen molar-refractivity contribution in [3.8, 4) is 0 Å². The summed E-state index contributed by atoms with van der Waals surface area (Å²) in [6.07, 6.45) is 1.95. The second kappa shape index (κ2) is 7.64. The van der Waals surface area contributed by atoms with E-state index in [0.717, 1.165) is 16.7 Å². The molecule has 0 saturated carbocycles. The molecule has 1 heterocycles.